The standard InChI is InChI=1S/C14H19ClN2O3/c15-14-8-12(17(19)20)6-5-11(14)9-16-7-3-1-2-4-13(16)10-18/h5-6,8,13,18H,1-4,7,9-10H2. The molecule has 0 radical (unpaired) electrons. The van der Waals surface area contributed by atoms with Gasteiger partial charge in [-0.3, -0.25) is 15.0 Å². The van der Waals surface area contributed by atoms with Crippen LogP contribution in [0, 0.1) is 10.1 Å². The summed E-state index contributed by atoms with van der Waals surface area (Å²) in [6.07, 6.45) is 4.42. The number of hydrogen-bond donors (Lipinski definition) is 1. The number of hydrogen-bond acceptors (Lipinski definition) is 4. The normalized spacial score (nSPS) is 20.6. The number of aliphatic hydroxyl groups excluding tert-OH is 1. The van der Waals surface area contributed by atoms with Crippen molar-refractivity contribution in [3.63, 3.8) is 0 Å². The largest absolute Gasteiger partial charge is 0.395 e. The lowest BCUT2D eigenvalue weighted by atomic mass is 10.1. The molecule has 1 N–H and O–H groups in total. The van der Waals surface area contributed by atoms with Gasteiger partial charge in [-0.05, 0) is 31.0 Å². The Morgan fingerprint density at radius 3 is 2.85 bits per heavy atom. The van der Waals surface area contributed by atoms with E-state index in [1.807, 2.05) is 0 Å². The van der Waals surface area contributed by atoms with Gasteiger partial charge in [-0.1, -0.05) is 24.4 Å². The Morgan fingerprint density at radius 2 is 2.20 bits per heavy atom. The summed E-state index contributed by atoms with van der Waals surface area (Å²) in [4.78, 5) is 12.5. The predicted molar refractivity (Wildman–Crippen MR) is 77.9 cm³/mol. The summed E-state index contributed by atoms with van der Waals surface area (Å²) >= 11 is 6.13. The van der Waals surface area contributed by atoms with E-state index in [9.17, 15) is 15.2 Å². The third-order valence-electron chi connectivity index (χ3n) is 3.83. The van der Waals surface area contributed by atoms with Crippen molar-refractivity contribution in [1.82, 2.24) is 4.90 Å². The Hall–Kier alpha value is -1.17. The van der Waals surface area contributed by atoms with Crippen molar-refractivity contribution in [3.05, 3.63) is 38.9 Å². The fourth-order valence-corrected chi connectivity index (χ4v) is 2.88. The van der Waals surface area contributed by atoms with E-state index in [0.29, 0.717) is 11.6 Å². The second-order valence-corrected chi connectivity index (χ2v) is 5.60. The van der Waals surface area contributed by atoms with Gasteiger partial charge in [0.25, 0.3) is 5.69 Å². The summed E-state index contributed by atoms with van der Waals surface area (Å²) < 4.78 is 0. The number of nitrogens with zero attached hydrogens (tertiary/aromatic N) is 2. The van der Waals surface area contributed by atoms with Gasteiger partial charge in [0.05, 0.1) is 16.6 Å². The summed E-state index contributed by atoms with van der Waals surface area (Å²) in [5.41, 5.74) is 0.881. The molecule has 1 saturated heterocycles. The number of nitro groups is 1. The van der Waals surface area contributed by atoms with Gasteiger partial charge < -0.3 is 5.11 Å². The quantitative estimate of drug-likeness (QED) is 0.685. The second kappa shape index (κ2) is 7.02. The van der Waals surface area contributed by atoms with Crippen molar-refractivity contribution in [3.8, 4) is 0 Å². The van der Waals surface area contributed by atoms with E-state index < -0.39 is 4.92 Å². The molecule has 1 aliphatic heterocycles. The molecule has 0 aromatic heterocycles. The smallest absolute Gasteiger partial charge is 0.270 e. The first-order valence-corrected chi connectivity index (χ1v) is 7.27. The molecule has 0 bridgehead atoms. The summed E-state index contributed by atoms with van der Waals surface area (Å²) in [7, 11) is 0. The van der Waals surface area contributed by atoms with Crippen molar-refractivity contribution in [2.75, 3.05) is 13.2 Å². The van der Waals surface area contributed by atoms with E-state index in [1.54, 1.807) is 6.07 Å². The topological polar surface area (TPSA) is 66.6 Å². The van der Waals surface area contributed by atoms with E-state index in [-0.39, 0.29) is 18.3 Å². The zero-order valence-corrected chi connectivity index (χ0v) is 12.1. The Kier molecular flexibility index (Phi) is 5.34. The third kappa shape index (κ3) is 3.69. The van der Waals surface area contributed by atoms with E-state index in [0.717, 1.165) is 31.4 Å². The van der Waals surface area contributed by atoms with Crippen LogP contribution in [-0.4, -0.2) is 34.1 Å². The first kappa shape index (κ1) is 15.2. The molecule has 1 aromatic rings. The van der Waals surface area contributed by atoms with Crippen LogP contribution < -0.4 is 0 Å². The highest BCUT2D eigenvalue weighted by atomic mass is 35.5. The van der Waals surface area contributed by atoms with E-state index in [1.165, 1.54) is 18.6 Å². The molecule has 1 unspecified atom stereocenters. The van der Waals surface area contributed by atoms with Crippen molar-refractivity contribution >= 4 is 17.3 Å². The summed E-state index contributed by atoms with van der Waals surface area (Å²) in [5.74, 6) is 0. The molecule has 5 nitrogen and oxygen atoms in total. The number of non-ortho nitro benzene ring substituents is 1. The zero-order chi connectivity index (χ0) is 14.5. The molecule has 0 aliphatic carbocycles. The van der Waals surface area contributed by atoms with Crippen molar-refractivity contribution in [1.29, 1.82) is 0 Å². The second-order valence-electron chi connectivity index (χ2n) is 5.19. The molecule has 2 rings (SSSR count). The first-order valence-electron chi connectivity index (χ1n) is 6.89. The van der Waals surface area contributed by atoms with Gasteiger partial charge in [-0.25, -0.2) is 0 Å². The van der Waals surface area contributed by atoms with Gasteiger partial charge in [0, 0.05) is 24.7 Å². The maximum Gasteiger partial charge on any atom is 0.270 e. The maximum atomic E-state index is 10.7. The molecule has 0 saturated carbocycles. The molecular weight excluding hydrogens is 280 g/mol. The van der Waals surface area contributed by atoms with Crippen LogP contribution in [0.3, 0.4) is 0 Å². The molecule has 1 fully saturated rings. The lowest BCUT2D eigenvalue weighted by Crippen LogP contribution is -2.36. The minimum Gasteiger partial charge on any atom is -0.395 e. The highest BCUT2D eigenvalue weighted by Gasteiger charge is 2.21. The van der Waals surface area contributed by atoms with Crippen LogP contribution in [0.15, 0.2) is 18.2 Å². The van der Waals surface area contributed by atoms with Gasteiger partial charge >= 0.3 is 0 Å². The first-order chi connectivity index (χ1) is 9.61. The van der Waals surface area contributed by atoms with E-state index >= 15 is 0 Å². The SMILES string of the molecule is O=[N+]([O-])c1ccc(CN2CCCCCC2CO)c(Cl)c1. The fourth-order valence-electron chi connectivity index (χ4n) is 2.65. The average Bonchev–Trinajstić information content (AvgIpc) is 2.65. The Bertz CT molecular complexity index is 481. The molecule has 1 aromatic carbocycles. The molecule has 1 heterocycles. The maximum absolute atomic E-state index is 10.7. The van der Waals surface area contributed by atoms with Crippen molar-refractivity contribution in [2.24, 2.45) is 0 Å². The fraction of sp³-hybridized carbons (Fsp3) is 0.571. The molecule has 1 atom stereocenters. The van der Waals surface area contributed by atoms with Crippen LogP contribution in [0.5, 0.6) is 0 Å². The Labute approximate surface area is 123 Å². The lowest BCUT2D eigenvalue weighted by Gasteiger charge is -2.28. The van der Waals surface area contributed by atoms with Gasteiger partial charge in [-0.2, -0.15) is 0 Å². The molecular formula is C14H19ClN2O3. The number of nitro benzene ring substituents is 1. The monoisotopic (exact) mass is 298 g/mol. The van der Waals surface area contributed by atoms with Crippen LogP contribution in [0.1, 0.15) is 31.2 Å². The van der Waals surface area contributed by atoms with E-state index in [2.05, 4.69) is 4.90 Å². The van der Waals surface area contributed by atoms with Gasteiger partial charge in [0.2, 0.25) is 0 Å². The third-order valence-corrected chi connectivity index (χ3v) is 4.18. The molecule has 0 amide bonds. The lowest BCUT2D eigenvalue weighted by molar-refractivity contribution is -0.384. The zero-order valence-electron chi connectivity index (χ0n) is 11.3. The summed E-state index contributed by atoms with van der Waals surface area (Å²) in [6, 6.07) is 4.74. The molecule has 0 spiro atoms. The highest BCUT2D eigenvalue weighted by Crippen LogP contribution is 2.26. The Morgan fingerprint density at radius 1 is 1.40 bits per heavy atom. The number of rotatable bonds is 4. The minimum atomic E-state index is -0.446. The molecule has 110 valence electrons. The van der Waals surface area contributed by atoms with Gasteiger partial charge in [-0.15, -0.1) is 0 Å². The van der Waals surface area contributed by atoms with Gasteiger partial charge in [0.15, 0.2) is 0 Å². The van der Waals surface area contributed by atoms with Crippen LogP contribution in [-0.2, 0) is 6.54 Å². The molecule has 20 heavy (non-hydrogen) atoms. The van der Waals surface area contributed by atoms with Gasteiger partial charge in [0.1, 0.15) is 0 Å². The highest BCUT2D eigenvalue weighted by molar-refractivity contribution is 6.31. The number of likely N-dealkylation sites (tertiary alicyclic amines) is 1. The number of aliphatic hydroxyl groups is 1. The minimum absolute atomic E-state index is 0.00771. The Balaban J connectivity index is 2.13. The molecule has 6 heteroatoms. The van der Waals surface area contributed by atoms with Crippen molar-refractivity contribution in [2.45, 2.75) is 38.3 Å². The van der Waals surface area contributed by atoms with Crippen LogP contribution in [0.4, 0.5) is 5.69 Å². The molecule has 1 aliphatic rings. The summed E-state index contributed by atoms with van der Waals surface area (Å²) in [6.45, 7) is 1.70. The van der Waals surface area contributed by atoms with Crippen LogP contribution in [0.2, 0.25) is 5.02 Å². The number of benzene rings is 1. The van der Waals surface area contributed by atoms with E-state index in [4.69, 9.17) is 11.6 Å². The number of halogens is 1. The van der Waals surface area contributed by atoms with Crippen LogP contribution in [0.25, 0.3) is 0 Å². The average molecular weight is 299 g/mol. The predicted octanol–water partition coefficient (Wildman–Crippen LogP) is 2.99. The van der Waals surface area contributed by atoms with Crippen molar-refractivity contribution < 1.29 is 10.0 Å². The van der Waals surface area contributed by atoms with Crippen LogP contribution >= 0.6 is 11.6 Å². The summed E-state index contributed by atoms with van der Waals surface area (Å²) in [5, 5.41) is 20.6.